The van der Waals surface area contributed by atoms with Crippen molar-refractivity contribution < 1.29 is 24.4 Å². The highest BCUT2D eigenvalue weighted by Gasteiger charge is 2.24. The molecule has 1 N–H and O–H groups in total. The molecule has 160 valence electrons. The summed E-state index contributed by atoms with van der Waals surface area (Å²) in [6.07, 6.45) is 5.85. The number of aldehydes is 1. The minimum atomic E-state index is -0.839. The van der Waals surface area contributed by atoms with Crippen LogP contribution in [0.4, 0.5) is 5.69 Å². The number of aliphatic hydroxyl groups is 1. The largest absolute Gasteiger partial charge is 0.493 e. The van der Waals surface area contributed by atoms with Gasteiger partial charge >= 0.3 is 0 Å². The van der Waals surface area contributed by atoms with Gasteiger partial charge in [0.15, 0.2) is 6.29 Å². The molecule has 1 aliphatic carbocycles. The van der Waals surface area contributed by atoms with Crippen LogP contribution in [-0.2, 0) is 4.79 Å². The molecule has 8 nitrogen and oxygen atoms in total. The van der Waals surface area contributed by atoms with Gasteiger partial charge in [-0.2, -0.15) is 0 Å². The summed E-state index contributed by atoms with van der Waals surface area (Å²) >= 11 is 5.87. The third kappa shape index (κ3) is 6.68. The zero-order valence-corrected chi connectivity index (χ0v) is 17.3. The molecular formula is C20H27ClN2O6. The minimum absolute atomic E-state index is 0.135. The van der Waals surface area contributed by atoms with Crippen molar-refractivity contribution in [2.45, 2.75) is 58.1 Å². The summed E-state index contributed by atoms with van der Waals surface area (Å²) in [7, 11) is 0. The highest BCUT2D eigenvalue weighted by Crippen LogP contribution is 2.32. The first-order valence-electron chi connectivity index (χ1n) is 9.87. The van der Waals surface area contributed by atoms with Gasteiger partial charge in [0.2, 0.25) is 5.91 Å². The number of carbonyl (C=O) groups excluding carboxylic acids is 2. The molecular weight excluding hydrogens is 400 g/mol. The number of hydrogen-bond donors (Lipinski definition) is 1. The lowest BCUT2D eigenvalue weighted by Gasteiger charge is -2.31. The van der Waals surface area contributed by atoms with E-state index in [1.165, 1.54) is 36.3 Å². The molecule has 0 bridgehead atoms. The van der Waals surface area contributed by atoms with E-state index < -0.39 is 16.8 Å². The third-order valence-electron chi connectivity index (χ3n) is 5.13. The van der Waals surface area contributed by atoms with Gasteiger partial charge in [-0.05, 0) is 38.2 Å². The van der Waals surface area contributed by atoms with Crippen LogP contribution in [0.1, 0.15) is 62.2 Å². The second-order valence-corrected chi connectivity index (χ2v) is 7.76. The number of benzene rings is 1. The van der Waals surface area contributed by atoms with Crippen LogP contribution in [0, 0.1) is 16.0 Å². The van der Waals surface area contributed by atoms with Crippen LogP contribution < -0.4 is 4.74 Å². The number of rotatable bonds is 10. The van der Waals surface area contributed by atoms with Crippen LogP contribution in [-0.4, -0.2) is 46.5 Å². The highest BCUT2D eigenvalue weighted by molar-refractivity contribution is 6.33. The quantitative estimate of drug-likeness (QED) is 0.199. The van der Waals surface area contributed by atoms with E-state index in [0.717, 1.165) is 12.8 Å². The van der Waals surface area contributed by atoms with E-state index in [0.29, 0.717) is 25.2 Å². The number of nitro benzene ring substituents is 1. The number of nitro groups is 1. The Kier molecular flexibility index (Phi) is 8.85. The molecule has 29 heavy (non-hydrogen) atoms. The summed E-state index contributed by atoms with van der Waals surface area (Å²) in [6.45, 7) is 2.34. The van der Waals surface area contributed by atoms with Crippen molar-refractivity contribution in [1.82, 2.24) is 4.90 Å². The Morgan fingerprint density at radius 1 is 1.41 bits per heavy atom. The fourth-order valence-corrected chi connectivity index (χ4v) is 3.91. The first-order valence-corrected chi connectivity index (χ1v) is 10.2. The number of aliphatic hydroxyl groups excluding tert-OH is 1. The second-order valence-electron chi connectivity index (χ2n) is 7.35. The SMILES string of the molecule is CC(O)N(CC1CCCCC1)C(=O)CCCOc1cc(Cl)c([N+](=O)[O-])c(C=O)c1. The van der Waals surface area contributed by atoms with Crippen molar-refractivity contribution in [3.63, 3.8) is 0 Å². The summed E-state index contributed by atoms with van der Waals surface area (Å²) in [6, 6.07) is 2.53. The van der Waals surface area contributed by atoms with Gasteiger partial charge in [-0.3, -0.25) is 19.7 Å². The molecule has 1 amide bonds. The molecule has 0 aliphatic heterocycles. The molecule has 0 saturated heterocycles. The van der Waals surface area contributed by atoms with Gasteiger partial charge in [0.05, 0.1) is 17.1 Å². The first kappa shape index (κ1) is 23.1. The van der Waals surface area contributed by atoms with Crippen LogP contribution in [0.3, 0.4) is 0 Å². The topological polar surface area (TPSA) is 110 Å². The zero-order chi connectivity index (χ0) is 21.4. The number of amides is 1. The van der Waals surface area contributed by atoms with E-state index in [-0.39, 0.29) is 35.3 Å². The Morgan fingerprint density at radius 3 is 2.69 bits per heavy atom. The van der Waals surface area contributed by atoms with E-state index in [1.807, 2.05) is 0 Å². The van der Waals surface area contributed by atoms with Gasteiger partial charge in [0.1, 0.15) is 17.0 Å². The standard InChI is InChI=1S/C20H27ClN2O6/c1-14(25)22(12-15-6-3-2-4-7-15)19(26)8-5-9-29-17-10-16(13-24)20(23(27)28)18(21)11-17/h10-11,13-15,25H,2-9,12H2,1H3. The van der Waals surface area contributed by atoms with Crippen molar-refractivity contribution >= 4 is 29.5 Å². The average Bonchev–Trinajstić information content (AvgIpc) is 2.68. The van der Waals surface area contributed by atoms with Crippen molar-refractivity contribution in [3.05, 3.63) is 32.8 Å². The molecule has 1 unspecified atom stereocenters. The second kappa shape index (κ2) is 11.1. The van der Waals surface area contributed by atoms with Crippen molar-refractivity contribution in [1.29, 1.82) is 0 Å². The smallest absolute Gasteiger partial charge is 0.298 e. The molecule has 0 heterocycles. The lowest BCUT2D eigenvalue weighted by molar-refractivity contribution is -0.384. The zero-order valence-electron chi connectivity index (χ0n) is 16.5. The van der Waals surface area contributed by atoms with E-state index >= 15 is 0 Å². The molecule has 1 aromatic rings. The first-order chi connectivity index (χ1) is 13.8. The summed E-state index contributed by atoms with van der Waals surface area (Å²) in [4.78, 5) is 35.3. The van der Waals surface area contributed by atoms with Gasteiger partial charge in [-0.25, -0.2) is 0 Å². The number of halogens is 1. The van der Waals surface area contributed by atoms with Crippen molar-refractivity contribution in [2.75, 3.05) is 13.2 Å². The van der Waals surface area contributed by atoms with Gasteiger partial charge < -0.3 is 14.7 Å². The van der Waals surface area contributed by atoms with E-state index in [2.05, 4.69) is 0 Å². The molecule has 1 fully saturated rings. The van der Waals surface area contributed by atoms with Gasteiger partial charge in [0, 0.05) is 19.0 Å². The summed E-state index contributed by atoms with van der Waals surface area (Å²) in [5, 5.41) is 20.8. The normalized spacial score (nSPS) is 15.6. The molecule has 0 spiro atoms. The molecule has 1 saturated carbocycles. The summed E-state index contributed by atoms with van der Waals surface area (Å²) in [5.74, 6) is 0.525. The van der Waals surface area contributed by atoms with Gasteiger partial charge in [-0.15, -0.1) is 0 Å². The van der Waals surface area contributed by atoms with Crippen molar-refractivity contribution in [2.24, 2.45) is 5.92 Å². The Hall–Kier alpha value is -2.19. The molecule has 1 atom stereocenters. The maximum Gasteiger partial charge on any atom is 0.298 e. The summed E-state index contributed by atoms with van der Waals surface area (Å²) in [5.41, 5.74) is -0.624. The number of ether oxygens (including phenoxy) is 1. The van der Waals surface area contributed by atoms with Crippen LogP contribution in [0.15, 0.2) is 12.1 Å². The van der Waals surface area contributed by atoms with Crippen LogP contribution in [0.5, 0.6) is 5.75 Å². The average molecular weight is 427 g/mol. The van der Waals surface area contributed by atoms with Gasteiger partial charge in [0.25, 0.3) is 5.69 Å². The Bertz CT molecular complexity index is 734. The number of carbonyl (C=O) groups is 2. The number of hydrogen-bond acceptors (Lipinski definition) is 6. The lowest BCUT2D eigenvalue weighted by atomic mass is 9.89. The third-order valence-corrected chi connectivity index (χ3v) is 5.42. The van der Waals surface area contributed by atoms with E-state index in [4.69, 9.17) is 16.3 Å². The van der Waals surface area contributed by atoms with Crippen LogP contribution in [0.2, 0.25) is 5.02 Å². The van der Waals surface area contributed by atoms with E-state index in [1.54, 1.807) is 6.92 Å². The Balaban J connectivity index is 1.86. The lowest BCUT2D eigenvalue weighted by Crippen LogP contribution is -2.42. The maximum absolute atomic E-state index is 12.5. The fraction of sp³-hybridized carbons (Fsp3) is 0.600. The Labute approximate surface area is 174 Å². The fourth-order valence-electron chi connectivity index (χ4n) is 3.63. The van der Waals surface area contributed by atoms with Crippen molar-refractivity contribution in [3.8, 4) is 5.75 Å². The van der Waals surface area contributed by atoms with Crippen LogP contribution in [0.25, 0.3) is 0 Å². The monoisotopic (exact) mass is 426 g/mol. The van der Waals surface area contributed by atoms with Crippen LogP contribution >= 0.6 is 11.6 Å². The predicted molar refractivity (Wildman–Crippen MR) is 108 cm³/mol. The van der Waals surface area contributed by atoms with Gasteiger partial charge in [-0.1, -0.05) is 30.9 Å². The van der Waals surface area contributed by atoms with E-state index in [9.17, 15) is 24.8 Å². The minimum Gasteiger partial charge on any atom is -0.493 e. The molecule has 1 aliphatic rings. The predicted octanol–water partition coefficient (Wildman–Crippen LogP) is 3.97. The Morgan fingerprint density at radius 2 is 2.10 bits per heavy atom. The maximum atomic E-state index is 12.5. The molecule has 9 heteroatoms. The molecule has 2 rings (SSSR count). The molecule has 0 aromatic heterocycles. The molecule has 0 radical (unpaired) electrons. The summed E-state index contributed by atoms with van der Waals surface area (Å²) < 4.78 is 5.51. The molecule has 1 aromatic carbocycles. The number of nitrogens with zero attached hydrogens (tertiary/aromatic N) is 2. The highest BCUT2D eigenvalue weighted by atomic mass is 35.5.